The van der Waals surface area contributed by atoms with Crippen LogP contribution in [-0.4, -0.2) is 23.8 Å². The first-order chi connectivity index (χ1) is 9.29. The van der Waals surface area contributed by atoms with Gasteiger partial charge in [-0.25, -0.2) is 0 Å². The first-order valence-corrected chi connectivity index (χ1v) is 7.60. The van der Waals surface area contributed by atoms with E-state index < -0.39 is 0 Å². The molecular weight excluding hydrogens is 234 g/mol. The molecule has 0 atom stereocenters. The second-order valence-corrected chi connectivity index (χ2v) is 5.57. The molecule has 0 spiro atoms. The maximum Gasteiger partial charge on any atom is 0.137 e. The lowest BCUT2D eigenvalue weighted by Crippen LogP contribution is -2.29. The molecule has 0 bridgehead atoms. The Balaban J connectivity index is 2.00. The van der Waals surface area contributed by atoms with E-state index in [4.69, 9.17) is 0 Å². The second-order valence-electron chi connectivity index (χ2n) is 5.57. The smallest absolute Gasteiger partial charge is 0.137 e. The first kappa shape index (κ1) is 14.3. The van der Waals surface area contributed by atoms with Crippen LogP contribution < -0.4 is 0 Å². The van der Waals surface area contributed by atoms with Crippen LogP contribution in [0.3, 0.4) is 0 Å². The van der Waals surface area contributed by atoms with E-state index in [1.54, 1.807) is 0 Å². The van der Waals surface area contributed by atoms with Crippen molar-refractivity contribution < 1.29 is 4.79 Å². The van der Waals surface area contributed by atoms with E-state index in [1.165, 1.54) is 43.5 Å². The Bertz CT molecular complexity index is 407. The largest absolute Gasteiger partial charge is 0.299 e. The van der Waals surface area contributed by atoms with Crippen LogP contribution in [0.4, 0.5) is 0 Å². The second kappa shape index (κ2) is 7.44. The third-order valence-electron chi connectivity index (χ3n) is 3.88. The molecule has 1 aromatic rings. The van der Waals surface area contributed by atoms with Crippen molar-refractivity contribution in [2.24, 2.45) is 0 Å². The minimum atomic E-state index is 0.369. The molecule has 0 radical (unpaired) electrons. The molecule has 1 aliphatic rings. The van der Waals surface area contributed by atoms with Gasteiger partial charge in [-0.15, -0.1) is 0 Å². The minimum Gasteiger partial charge on any atom is -0.299 e. The highest BCUT2D eigenvalue weighted by molar-refractivity contribution is 5.81. The van der Waals surface area contributed by atoms with Gasteiger partial charge in [0.15, 0.2) is 0 Å². The predicted octanol–water partition coefficient (Wildman–Crippen LogP) is 3.58. The van der Waals surface area contributed by atoms with E-state index in [2.05, 4.69) is 30.0 Å². The van der Waals surface area contributed by atoms with Gasteiger partial charge in [0.25, 0.3) is 0 Å². The van der Waals surface area contributed by atoms with E-state index in [-0.39, 0.29) is 0 Å². The lowest BCUT2D eigenvalue weighted by molar-refractivity contribution is -0.118. The van der Waals surface area contributed by atoms with Gasteiger partial charge < -0.3 is 0 Å². The van der Waals surface area contributed by atoms with Crippen molar-refractivity contribution in [3.8, 4) is 0 Å². The molecule has 2 nitrogen and oxygen atoms in total. The van der Waals surface area contributed by atoms with E-state index >= 15 is 0 Å². The molecule has 1 fully saturated rings. The molecule has 2 heteroatoms. The van der Waals surface area contributed by atoms with Gasteiger partial charge in [-0.05, 0) is 43.5 Å². The molecule has 1 aliphatic heterocycles. The van der Waals surface area contributed by atoms with Crippen molar-refractivity contribution >= 4 is 5.78 Å². The summed E-state index contributed by atoms with van der Waals surface area (Å²) in [6.07, 6.45) is 6.27. The summed E-state index contributed by atoms with van der Waals surface area (Å²) >= 11 is 0. The van der Waals surface area contributed by atoms with Crippen LogP contribution in [0.25, 0.3) is 0 Å². The van der Waals surface area contributed by atoms with Crippen LogP contribution in [-0.2, 0) is 17.8 Å². The summed E-state index contributed by atoms with van der Waals surface area (Å²) in [7, 11) is 0. The number of nitrogens with zero attached hydrogens (tertiary/aromatic N) is 1. The normalized spacial score (nSPS) is 16.5. The Labute approximate surface area is 116 Å². The third kappa shape index (κ3) is 4.46. The van der Waals surface area contributed by atoms with E-state index in [9.17, 15) is 4.79 Å². The Morgan fingerprint density at radius 2 is 1.79 bits per heavy atom. The number of carbonyl (C=O) groups is 1. The van der Waals surface area contributed by atoms with Crippen LogP contribution in [0, 0.1) is 0 Å². The third-order valence-corrected chi connectivity index (χ3v) is 3.88. The Morgan fingerprint density at radius 3 is 2.47 bits per heavy atom. The molecule has 0 amide bonds. The summed E-state index contributed by atoms with van der Waals surface area (Å²) in [5, 5.41) is 0. The molecule has 0 aliphatic carbocycles. The highest BCUT2D eigenvalue weighted by Gasteiger charge is 2.13. The van der Waals surface area contributed by atoms with Crippen LogP contribution in [0.2, 0.25) is 0 Å². The number of benzene rings is 1. The fourth-order valence-electron chi connectivity index (χ4n) is 2.82. The summed E-state index contributed by atoms with van der Waals surface area (Å²) in [5.41, 5.74) is 2.57. The van der Waals surface area contributed by atoms with Gasteiger partial charge in [0, 0.05) is 19.4 Å². The number of hydrogen-bond acceptors (Lipinski definition) is 2. The number of Topliss-reactive ketones (excluding diaryl/α,β-unsaturated/α-hetero) is 1. The molecule has 1 aromatic carbocycles. The fraction of sp³-hybridized carbons (Fsp3) is 0.588. The molecule has 19 heavy (non-hydrogen) atoms. The van der Waals surface area contributed by atoms with Gasteiger partial charge in [-0.3, -0.25) is 9.69 Å². The first-order valence-electron chi connectivity index (χ1n) is 7.60. The molecule has 1 heterocycles. The fourth-order valence-corrected chi connectivity index (χ4v) is 2.82. The number of likely N-dealkylation sites (tertiary alicyclic amines) is 1. The van der Waals surface area contributed by atoms with Crippen LogP contribution >= 0.6 is 0 Å². The summed E-state index contributed by atoms with van der Waals surface area (Å²) < 4.78 is 0. The van der Waals surface area contributed by atoms with Crippen molar-refractivity contribution in [1.82, 2.24) is 4.90 Å². The van der Waals surface area contributed by atoms with Crippen molar-refractivity contribution in [1.29, 1.82) is 0 Å². The monoisotopic (exact) mass is 259 g/mol. The molecule has 0 unspecified atom stereocenters. The van der Waals surface area contributed by atoms with Gasteiger partial charge in [0.05, 0.1) is 0 Å². The highest BCUT2D eigenvalue weighted by Crippen LogP contribution is 2.17. The summed E-state index contributed by atoms with van der Waals surface area (Å²) in [6, 6.07) is 8.44. The standard InChI is InChI=1S/C17H25NO/c1-2-8-17(19)13-15-9-4-5-10-16(15)14-18-11-6-3-7-12-18/h4-5,9-10H,2-3,6-8,11-14H2,1H3. The molecule has 104 valence electrons. The number of carbonyl (C=O) groups excluding carboxylic acids is 1. The number of piperidine rings is 1. The van der Waals surface area contributed by atoms with Crippen molar-refractivity contribution in [2.75, 3.05) is 13.1 Å². The van der Waals surface area contributed by atoms with Crippen LogP contribution in [0.5, 0.6) is 0 Å². The van der Waals surface area contributed by atoms with Crippen LogP contribution in [0.15, 0.2) is 24.3 Å². The topological polar surface area (TPSA) is 20.3 Å². The van der Waals surface area contributed by atoms with Gasteiger partial charge in [0.1, 0.15) is 5.78 Å². The molecular formula is C17H25NO. The maximum atomic E-state index is 11.8. The number of ketones is 1. The molecule has 1 saturated heterocycles. The molecule has 0 saturated carbocycles. The highest BCUT2D eigenvalue weighted by atomic mass is 16.1. The Hall–Kier alpha value is -1.15. The number of rotatable bonds is 6. The van der Waals surface area contributed by atoms with E-state index in [1.807, 2.05) is 6.07 Å². The summed E-state index contributed by atoms with van der Waals surface area (Å²) in [5.74, 6) is 0.369. The zero-order valence-corrected chi connectivity index (χ0v) is 12.0. The van der Waals surface area contributed by atoms with Crippen molar-refractivity contribution in [2.45, 2.75) is 52.0 Å². The zero-order valence-electron chi connectivity index (χ0n) is 12.0. The minimum absolute atomic E-state index is 0.369. The zero-order chi connectivity index (χ0) is 13.5. The predicted molar refractivity (Wildman–Crippen MR) is 79.2 cm³/mol. The quantitative estimate of drug-likeness (QED) is 0.778. The van der Waals surface area contributed by atoms with Gasteiger partial charge in [0.2, 0.25) is 0 Å². The average molecular weight is 259 g/mol. The lowest BCUT2D eigenvalue weighted by Gasteiger charge is -2.27. The van der Waals surface area contributed by atoms with Gasteiger partial charge >= 0.3 is 0 Å². The number of hydrogen-bond donors (Lipinski definition) is 0. The molecule has 2 rings (SSSR count). The summed E-state index contributed by atoms with van der Waals surface area (Å²) in [4.78, 5) is 14.4. The average Bonchev–Trinajstić information content (AvgIpc) is 2.42. The van der Waals surface area contributed by atoms with E-state index in [0.29, 0.717) is 18.6 Å². The van der Waals surface area contributed by atoms with Crippen molar-refractivity contribution in [3.63, 3.8) is 0 Å². The Morgan fingerprint density at radius 1 is 1.11 bits per heavy atom. The lowest BCUT2D eigenvalue weighted by atomic mass is 9.99. The SMILES string of the molecule is CCCC(=O)Cc1ccccc1CN1CCCCC1. The van der Waals surface area contributed by atoms with Crippen molar-refractivity contribution in [3.05, 3.63) is 35.4 Å². The molecule has 0 aromatic heterocycles. The molecule has 0 N–H and O–H groups in total. The maximum absolute atomic E-state index is 11.8. The Kier molecular flexibility index (Phi) is 5.59. The summed E-state index contributed by atoms with van der Waals surface area (Å²) in [6.45, 7) is 5.49. The van der Waals surface area contributed by atoms with Gasteiger partial charge in [-0.1, -0.05) is 37.6 Å². The van der Waals surface area contributed by atoms with Crippen LogP contribution in [0.1, 0.15) is 50.2 Å². The van der Waals surface area contributed by atoms with Gasteiger partial charge in [-0.2, -0.15) is 0 Å². The van der Waals surface area contributed by atoms with E-state index in [0.717, 1.165) is 13.0 Å².